The molecule has 104 valence electrons. The molecule has 0 N–H and O–H groups in total. The summed E-state index contributed by atoms with van der Waals surface area (Å²) in [5.41, 5.74) is 0.636. The van der Waals surface area contributed by atoms with Gasteiger partial charge in [-0.2, -0.15) is 0 Å². The maximum Gasteiger partial charge on any atom is 0.255 e. The molecule has 0 saturated heterocycles. The average Bonchev–Trinajstić information content (AvgIpc) is 2.36. The van der Waals surface area contributed by atoms with E-state index >= 15 is 0 Å². The fourth-order valence-corrected chi connectivity index (χ4v) is 2.79. The van der Waals surface area contributed by atoms with E-state index in [0.29, 0.717) is 29.8 Å². The van der Waals surface area contributed by atoms with Crippen molar-refractivity contribution in [3.8, 4) is 5.75 Å². The summed E-state index contributed by atoms with van der Waals surface area (Å²) >= 11 is 9.25. The Balaban J connectivity index is 2.24. The fraction of sp³-hybridized carbons (Fsp3) is 0.500. The van der Waals surface area contributed by atoms with Crippen LogP contribution in [0.2, 0.25) is 0 Å². The molecule has 0 spiro atoms. The molecule has 1 saturated carbocycles. The highest BCUT2D eigenvalue weighted by atomic mass is 79.9. The first-order chi connectivity index (χ1) is 9.17. The molecule has 1 fully saturated rings. The maximum absolute atomic E-state index is 12.6. The minimum Gasteiger partial charge on any atom is -0.497 e. The molecule has 0 aliphatic heterocycles. The first kappa shape index (κ1) is 14.7. The van der Waals surface area contributed by atoms with E-state index in [4.69, 9.17) is 16.3 Å². The van der Waals surface area contributed by atoms with Crippen molar-refractivity contribution in [3.05, 3.63) is 28.2 Å². The molecule has 1 aliphatic rings. The quantitative estimate of drug-likeness (QED) is 0.761. The Kier molecular flexibility index (Phi) is 5.11. The number of amides is 1. The van der Waals surface area contributed by atoms with Crippen LogP contribution in [0, 0.1) is 0 Å². The molecule has 0 heterocycles. The standard InChI is InChI=1S/C14H17BrClNO2/c1-19-11-5-6-13(15)12(9-11)14(18)17(8-7-16)10-3-2-4-10/h5-6,9-10H,2-4,7-8H2,1H3. The first-order valence-electron chi connectivity index (χ1n) is 6.38. The molecule has 0 unspecified atom stereocenters. The van der Waals surface area contributed by atoms with Gasteiger partial charge in [0.15, 0.2) is 0 Å². The van der Waals surface area contributed by atoms with E-state index in [-0.39, 0.29) is 5.91 Å². The molecule has 0 radical (unpaired) electrons. The van der Waals surface area contributed by atoms with Gasteiger partial charge in [0.1, 0.15) is 5.75 Å². The van der Waals surface area contributed by atoms with E-state index < -0.39 is 0 Å². The lowest BCUT2D eigenvalue weighted by atomic mass is 9.91. The Morgan fingerprint density at radius 2 is 2.26 bits per heavy atom. The van der Waals surface area contributed by atoms with Crippen LogP contribution >= 0.6 is 27.5 Å². The van der Waals surface area contributed by atoms with Gasteiger partial charge >= 0.3 is 0 Å². The molecule has 19 heavy (non-hydrogen) atoms. The van der Waals surface area contributed by atoms with Gasteiger partial charge in [-0.25, -0.2) is 0 Å². The fourth-order valence-electron chi connectivity index (χ4n) is 2.19. The highest BCUT2D eigenvalue weighted by Gasteiger charge is 2.29. The molecule has 2 rings (SSSR count). The number of hydrogen-bond donors (Lipinski definition) is 0. The second-order valence-electron chi connectivity index (χ2n) is 4.62. The summed E-state index contributed by atoms with van der Waals surface area (Å²) in [4.78, 5) is 14.5. The van der Waals surface area contributed by atoms with Crippen LogP contribution in [-0.4, -0.2) is 36.4 Å². The lowest BCUT2D eigenvalue weighted by Crippen LogP contribution is -2.45. The van der Waals surface area contributed by atoms with E-state index in [1.165, 1.54) is 6.42 Å². The Hall–Kier alpha value is -0.740. The number of benzene rings is 1. The van der Waals surface area contributed by atoms with Crippen LogP contribution in [0.1, 0.15) is 29.6 Å². The minimum absolute atomic E-state index is 0.0242. The van der Waals surface area contributed by atoms with Gasteiger partial charge in [-0.15, -0.1) is 11.6 Å². The third-order valence-corrected chi connectivity index (χ3v) is 4.37. The van der Waals surface area contributed by atoms with Crippen LogP contribution in [-0.2, 0) is 0 Å². The van der Waals surface area contributed by atoms with Crippen molar-refractivity contribution < 1.29 is 9.53 Å². The molecule has 0 aromatic heterocycles. The highest BCUT2D eigenvalue weighted by Crippen LogP contribution is 2.29. The molecule has 1 aliphatic carbocycles. The average molecular weight is 347 g/mol. The second kappa shape index (κ2) is 6.62. The lowest BCUT2D eigenvalue weighted by Gasteiger charge is -2.37. The highest BCUT2D eigenvalue weighted by molar-refractivity contribution is 9.10. The van der Waals surface area contributed by atoms with E-state index in [9.17, 15) is 4.79 Å². The summed E-state index contributed by atoms with van der Waals surface area (Å²) < 4.78 is 5.97. The van der Waals surface area contributed by atoms with Gasteiger partial charge < -0.3 is 9.64 Å². The zero-order valence-electron chi connectivity index (χ0n) is 10.9. The number of nitrogens with zero attached hydrogens (tertiary/aromatic N) is 1. The third kappa shape index (κ3) is 3.23. The van der Waals surface area contributed by atoms with E-state index in [1.54, 1.807) is 13.2 Å². The molecule has 3 nitrogen and oxygen atoms in total. The molecule has 1 aromatic rings. The summed E-state index contributed by atoms with van der Waals surface area (Å²) in [6.07, 6.45) is 3.34. The summed E-state index contributed by atoms with van der Waals surface area (Å²) in [6, 6.07) is 5.78. The van der Waals surface area contributed by atoms with E-state index in [0.717, 1.165) is 17.3 Å². The summed E-state index contributed by atoms with van der Waals surface area (Å²) in [7, 11) is 1.60. The van der Waals surface area contributed by atoms with Crippen molar-refractivity contribution in [1.29, 1.82) is 0 Å². The van der Waals surface area contributed by atoms with Crippen LogP contribution in [0.5, 0.6) is 5.75 Å². The predicted octanol–water partition coefficient (Wildman–Crippen LogP) is 3.69. The number of rotatable bonds is 5. The van der Waals surface area contributed by atoms with E-state index in [2.05, 4.69) is 15.9 Å². The number of carbonyl (C=O) groups excluding carboxylic acids is 1. The van der Waals surface area contributed by atoms with Crippen molar-refractivity contribution in [2.24, 2.45) is 0 Å². The Morgan fingerprint density at radius 1 is 1.53 bits per heavy atom. The SMILES string of the molecule is COc1ccc(Br)c(C(=O)N(CCCl)C2CCC2)c1. The van der Waals surface area contributed by atoms with Crippen LogP contribution in [0.25, 0.3) is 0 Å². The number of ether oxygens (including phenoxy) is 1. The van der Waals surface area contributed by atoms with Gasteiger partial charge in [-0.05, 0) is 53.4 Å². The van der Waals surface area contributed by atoms with E-state index in [1.807, 2.05) is 17.0 Å². The Labute approximate surface area is 127 Å². The molecule has 1 aromatic carbocycles. The Bertz CT molecular complexity index is 463. The predicted molar refractivity (Wildman–Crippen MR) is 80.1 cm³/mol. The minimum atomic E-state index is 0.0242. The van der Waals surface area contributed by atoms with Crippen molar-refractivity contribution >= 4 is 33.4 Å². The van der Waals surface area contributed by atoms with Crippen molar-refractivity contribution in [2.45, 2.75) is 25.3 Å². The van der Waals surface area contributed by atoms with Gasteiger partial charge in [-0.1, -0.05) is 0 Å². The summed E-state index contributed by atoms with van der Waals surface area (Å²) in [5, 5.41) is 0. The third-order valence-electron chi connectivity index (χ3n) is 3.51. The summed E-state index contributed by atoms with van der Waals surface area (Å²) in [6.45, 7) is 0.592. The number of hydrogen-bond acceptors (Lipinski definition) is 2. The molecular weight excluding hydrogens is 330 g/mol. The number of halogens is 2. The lowest BCUT2D eigenvalue weighted by molar-refractivity contribution is 0.0596. The normalized spacial score (nSPS) is 14.9. The second-order valence-corrected chi connectivity index (χ2v) is 5.85. The topological polar surface area (TPSA) is 29.5 Å². The van der Waals surface area contributed by atoms with Crippen molar-refractivity contribution in [1.82, 2.24) is 4.90 Å². The van der Waals surface area contributed by atoms with Crippen molar-refractivity contribution in [2.75, 3.05) is 19.5 Å². The van der Waals surface area contributed by atoms with Crippen molar-refractivity contribution in [3.63, 3.8) is 0 Å². The summed E-state index contributed by atoms with van der Waals surface area (Å²) in [5.74, 6) is 1.17. The van der Waals surface area contributed by atoms with Gasteiger partial charge in [0.2, 0.25) is 0 Å². The smallest absolute Gasteiger partial charge is 0.255 e. The monoisotopic (exact) mass is 345 g/mol. The van der Waals surface area contributed by atoms with Crippen LogP contribution in [0.4, 0.5) is 0 Å². The first-order valence-corrected chi connectivity index (χ1v) is 7.70. The van der Waals surface area contributed by atoms with Gasteiger partial charge in [0.05, 0.1) is 12.7 Å². The number of methoxy groups -OCH3 is 1. The zero-order valence-corrected chi connectivity index (χ0v) is 13.2. The zero-order chi connectivity index (χ0) is 13.8. The number of alkyl halides is 1. The van der Waals surface area contributed by atoms with Crippen LogP contribution in [0.3, 0.4) is 0 Å². The molecular formula is C14H17BrClNO2. The maximum atomic E-state index is 12.6. The van der Waals surface area contributed by atoms with Crippen LogP contribution in [0.15, 0.2) is 22.7 Å². The Morgan fingerprint density at radius 3 is 2.79 bits per heavy atom. The van der Waals surface area contributed by atoms with Crippen LogP contribution < -0.4 is 4.74 Å². The number of carbonyl (C=O) groups is 1. The van der Waals surface area contributed by atoms with Gasteiger partial charge in [-0.3, -0.25) is 4.79 Å². The molecule has 0 bridgehead atoms. The molecule has 5 heteroatoms. The van der Waals surface area contributed by atoms with Gasteiger partial charge in [0.25, 0.3) is 5.91 Å². The molecule has 0 atom stereocenters. The largest absolute Gasteiger partial charge is 0.497 e. The molecule has 1 amide bonds. The van der Waals surface area contributed by atoms with Gasteiger partial charge in [0, 0.05) is 22.9 Å².